The number of hydrogen-bond donors (Lipinski definition) is 1. The molecule has 0 bridgehead atoms. The SMILES string of the molecule is CC(=O)Oc1ccc2c(c1)CC(N)C2. The maximum atomic E-state index is 10.7. The average Bonchev–Trinajstić information content (AvgIpc) is 2.42. The van der Waals surface area contributed by atoms with Crippen LogP contribution in [0.25, 0.3) is 0 Å². The van der Waals surface area contributed by atoms with Gasteiger partial charge in [-0.25, -0.2) is 0 Å². The molecule has 1 aromatic rings. The summed E-state index contributed by atoms with van der Waals surface area (Å²) in [6.45, 7) is 1.40. The van der Waals surface area contributed by atoms with Crippen molar-refractivity contribution < 1.29 is 9.53 Å². The minimum absolute atomic E-state index is 0.220. The number of benzene rings is 1. The first kappa shape index (κ1) is 9.21. The van der Waals surface area contributed by atoms with Crippen molar-refractivity contribution in [2.45, 2.75) is 25.8 Å². The highest BCUT2D eigenvalue weighted by molar-refractivity contribution is 5.69. The molecule has 0 fully saturated rings. The molecule has 0 aromatic heterocycles. The number of carbonyl (C=O) groups excluding carboxylic acids is 1. The molecule has 0 saturated carbocycles. The second-order valence-corrected chi connectivity index (χ2v) is 3.69. The van der Waals surface area contributed by atoms with E-state index in [-0.39, 0.29) is 12.0 Å². The van der Waals surface area contributed by atoms with Gasteiger partial charge in [0.1, 0.15) is 5.75 Å². The zero-order chi connectivity index (χ0) is 10.1. The van der Waals surface area contributed by atoms with Crippen molar-refractivity contribution in [3.05, 3.63) is 29.3 Å². The lowest BCUT2D eigenvalue weighted by Gasteiger charge is -2.03. The van der Waals surface area contributed by atoms with Gasteiger partial charge in [-0.3, -0.25) is 4.79 Å². The van der Waals surface area contributed by atoms with Crippen LogP contribution in [0.15, 0.2) is 18.2 Å². The highest BCUT2D eigenvalue weighted by Gasteiger charge is 2.18. The second-order valence-electron chi connectivity index (χ2n) is 3.69. The third kappa shape index (κ3) is 1.77. The summed E-state index contributed by atoms with van der Waals surface area (Å²) in [5, 5.41) is 0. The van der Waals surface area contributed by atoms with Gasteiger partial charge >= 0.3 is 5.97 Å². The Morgan fingerprint density at radius 1 is 1.43 bits per heavy atom. The monoisotopic (exact) mass is 191 g/mol. The van der Waals surface area contributed by atoms with Gasteiger partial charge in [-0.05, 0) is 36.1 Å². The Morgan fingerprint density at radius 2 is 2.14 bits per heavy atom. The molecule has 14 heavy (non-hydrogen) atoms. The molecule has 0 aliphatic heterocycles. The van der Waals surface area contributed by atoms with Gasteiger partial charge in [0.25, 0.3) is 0 Å². The van der Waals surface area contributed by atoms with E-state index in [1.807, 2.05) is 18.2 Å². The Balaban J connectivity index is 2.24. The van der Waals surface area contributed by atoms with Crippen LogP contribution in [0.2, 0.25) is 0 Å². The number of esters is 1. The fourth-order valence-electron chi connectivity index (χ4n) is 1.86. The summed E-state index contributed by atoms with van der Waals surface area (Å²) < 4.78 is 4.99. The van der Waals surface area contributed by atoms with Gasteiger partial charge in [-0.1, -0.05) is 6.07 Å². The largest absolute Gasteiger partial charge is 0.427 e. The fraction of sp³-hybridized carbons (Fsp3) is 0.364. The van der Waals surface area contributed by atoms with Crippen molar-refractivity contribution in [1.29, 1.82) is 0 Å². The topological polar surface area (TPSA) is 52.3 Å². The molecule has 1 aliphatic rings. The molecule has 1 aromatic carbocycles. The van der Waals surface area contributed by atoms with E-state index in [2.05, 4.69) is 0 Å². The summed E-state index contributed by atoms with van der Waals surface area (Å²) in [5.74, 6) is 0.331. The van der Waals surface area contributed by atoms with Crippen LogP contribution < -0.4 is 10.5 Å². The van der Waals surface area contributed by atoms with Crippen LogP contribution in [-0.2, 0) is 17.6 Å². The Morgan fingerprint density at radius 3 is 2.86 bits per heavy atom. The smallest absolute Gasteiger partial charge is 0.308 e. The predicted octanol–water partition coefficient (Wildman–Crippen LogP) is 1.04. The molecule has 3 heteroatoms. The van der Waals surface area contributed by atoms with Crippen molar-refractivity contribution in [2.75, 3.05) is 0 Å². The molecule has 0 radical (unpaired) electrons. The van der Waals surface area contributed by atoms with Crippen LogP contribution in [0.5, 0.6) is 5.75 Å². The third-order valence-corrected chi connectivity index (χ3v) is 2.40. The number of fused-ring (bicyclic) bond motifs is 1. The van der Waals surface area contributed by atoms with Gasteiger partial charge in [0.05, 0.1) is 0 Å². The molecule has 1 aliphatic carbocycles. The lowest BCUT2D eigenvalue weighted by Crippen LogP contribution is -2.18. The average molecular weight is 191 g/mol. The summed E-state index contributed by atoms with van der Waals surface area (Å²) in [6, 6.07) is 5.93. The van der Waals surface area contributed by atoms with Crippen molar-refractivity contribution in [1.82, 2.24) is 0 Å². The Kier molecular flexibility index (Phi) is 2.25. The van der Waals surface area contributed by atoms with Gasteiger partial charge in [0, 0.05) is 13.0 Å². The molecule has 3 nitrogen and oxygen atoms in total. The van der Waals surface area contributed by atoms with Crippen LogP contribution in [-0.4, -0.2) is 12.0 Å². The van der Waals surface area contributed by atoms with Crippen LogP contribution >= 0.6 is 0 Å². The van der Waals surface area contributed by atoms with E-state index < -0.39 is 0 Å². The molecular weight excluding hydrogens is 178 g/mol. The molecule has 1 atom stereocenters. The van der Waals surface area contributed by atoms with Crippen molar-refractivity contribution >= 4 is 5.97 Å². The van der Waals surface area contributed by atoms with Crippen LogP contribution in [0.3, 0.4) is 0 Å². The van der Waals surface area contributed by atoms with E-state index in [4.69, 9.17) is 10.5 Å². The van der Waals surface area contributed by atoms with Gasteiger partial charge in [-0.2, -0.15) is 0 Å². The summed E-state index contributed by atoms with van der Waals surface area (Å²) >= 11 is 0. The maximum absolute atomic E-state index is 10.7. The first-order valence-corrected chi connectivity index (χ1v) is 4.71. The lowest BCUT2D eigenvalue weighted by molar-refractivity contribution is -0.131. The Labute approximate surface area is 82.9 Å². The number of hydrogen-bond acceptors (Lipinski definition) is 3. The quantitative estimate of drug-likeness (QED) is 0.533. The van der Waals surface area contributed by atoms with E-state index in [0.29, 0.717) is 5.75 Å². The van der Waals surface area contributed by atoms with E-state index in [1.165, 1.54) is 18.1 Å². The van der Waals surface area contributed by atoms with Crippen LogP contribution in [0, 0.1) is 0 Å². The minimum atomic E-state index is -0.285. The zero-order valence-electron chi connectivity index (χ0n) is 8.12. The van der Waals surface area contributed by atoms with Gasteiger partial charge in [0.15, 0.2) is 0 Å². The molecule has 2 N–H and O–H groups in total. The van der Waals surface area contributed by atoms with Crippen LogP contribution in [0.1, 0.15) is 18.1 Å². The zero-order valence-corrected chi connectivity index (χ0v) is 8.12. The number of rotatable bonds is 1. The Bertz CT molecular complexity index is 374. The van der Waals surface area contributed by atoms with Crippen LogP contribution in [0.4, 0.5) is 0 Å². The molecule has 0 saturated heterocycles. The van der Waals surface area contributed by atoms with Crippen molar-refractivity contribution in [3.63, 3.8) is 0 Å². The molecule has 2 rings (SSSR count). The summed E-state index contributed by atoms with van der Waals surface area (Å²) in [5.41, 5.74) is 8.31. The molecule has 0 spiro atoms. The molecule has 0 heterocycles. The van der Waals surface area contributed by atoms with E-state index in [0.717, 1.165) is 12.8 Å². The third-order valence-electron chi connectivity index (χ3n) is 2.40. The molecular formula is C11H13NO2. The Hall–Kier alpha value is -1.35. The minimum Gasteiger partial charge on any atom is -0.427 e. The van der Waals surface area contributed by atoms with E-state index >= 15 is 0 Å². The number of carbonyl (C=O) groups is 1. The van der Waals surface area contributed by atoms with E-state index in [1.54, 1.807) is 0 Å². The first-order chi connectivity index (χ1) is 6.65. The second kappa shape index (κ2) is 3.42. The fourth-order valence-corrected chi connectivity index (χ4v) is 1.86. The van der Waals surface area contributed by atoms with Crippen molar-refractivity contribution in [2.24, 2.45) is 5.73 Å². The summed E-state index contributed by atoms with van der Waals surface area (Å²) in [4.78, 5) is 10.7. The predicted molar refractivity (Wildman–Crippen MR) is 53.1 cm³/mol. The first-order valence-electron chi connectivity index (χ1n) is 4.71. The van der Waals surface area contributed by atoms with E-state index in [9.17, 15) is 4.79 Å². The number of ether oxygens (including phenoxy) is 1. The highest BCUT2D eigenvalue weighted by Crippen LogP contribution is 2.25. The maximum Gasteiger partial charge on any atom is 0.308 e. The summed E-state index contributed by atoms with van der Waals surface area (Å²) in [7, 11) is 0. The lowest BCUT2D eigenvalue weighted by atomic mass is 10.1. The van der Waals surface area contributed by atoms with Crippen molar-refractivity contribution in [3.8, 4) is 5.75 Å². The normalized spacial score (nSPS) is 19.1. The summed E-state index contributed by atoms with van der Waals surface area (Å²) in [6.07, 6.45) is 1.81. The molecule has 74 valence electrons. The van der Waals surface area contributed by atoms with Gasteiger partial charge in [-0.15, -0.1) is 0 Å². The van der Waals surface area contributed by atoms with Gasteiger partial charge in [0.2, 0.25) is 0 Å². The molecule has 0 amide bonds. The standard InChI is InChI=1S/C11H13NO2/c1-7(13)14-11-3-2-8-4-10(12)5-9(8)6-11/h2-3,6,10H,4-5,12H2,1H3. The highest BCUT2D eigenvalue weighted by atomic mass is 16.5. The van der Waals surface area contributed by atoms with Gasteiger partial charge < -0.3 is 10.5 Å². The molecule has 1 unspecified atom stereocenters. The number of nitrogens with two attached hydrogens (primary N) is 1.